The predicted octanol–water partition coefficient (Wildman–Crippen LogP) is -0.243. The molecule has 1 N–H and O–H groups in total. The molecule has 0 aromatic rings. The van der Waals surface area contributed by atoms with Crippen LogP contribution in [0, 0.1) is 0 Å². The topological polar surface area (TPSA) is 35.6 Å². The van der Waals surface area contributed by atoms with Crippen LogP contribution in [0.4, 0.5) is 0 Å². The molecule has 0 bridgehead atoms. The fourth-order valence-electron chi connectivity index (χ4n) is 1.75. The maximum absolute atomic E-state index is 11.7. The third-order valence-electron chi connectivity index (χ3n) is 3.01. The van der Waals surface area contributed by atoms with Gasteiger partial charge in [0.1, 0.15) is 0 Å². The Balaban J connectivity index is 2.51. The van der Waals surface area contributed by atoms with Gasteiger partial charge in [-0.25, -0.2) is 0 Å². The lowest BCUT2D eigenvalue weighted by Crippen LogP contribution is -2.56. The molecule has 14 heavy (non-hydrogen) atoms. The average molecular weight is 199 g/mol. The second-order valence-electron chi connectivity index (χ2n) is 4.12. The summed E-state index contributed by atoms with van der Waals surface area (Å²) in [7, 11) is 3.82. The number of nitrogens with one attached hydrogen (secondary N) is 1. The standard InChI is InChI=1S/C10H21N3O/c1-8(11-3)7-13-6-5-12(4)10(14)9(13)2/h8-9,11H,5-7H2,1-4H3. The zero-order valence-corrected chi connectivity index (χ0v) is 9.58. The molecule has 1 aliphatic heterocycles. The van der Waals surface area contributed by atoms with E-state index in [9.17, 15) is 4.79 Å². The van der Waals surface area contributed by atoms with Gasteiger partial charge in [0, 0.05) is 32.7 Å². The molecular weight excluding hydrogens is 178 g/mol. The average Bonchev–Trinajstić information content (AvgIpc) is 2.19. The molecule has 1 saturated heterocycles. The lowest BCUT2D eigenvalue weighted by Gasteiger charge is -2.38. The lowest BCUT2D eigenvalue weighted by molar-refractivity contribution is -0.139. The van der Waals surface area contributed by atoms with E-state index in [0.717, 1.165) is 19.6 Å². The SMILES string of the molecule is CNC(C)CN1CCN(C)C(=O)C1C. The maximum Gasteiger partial charge on any atom is 0.239 e. The number of hydrogen-bond donors (Lipinski definition) is 1. The van der Waals surface area contributed by atoms with Gasteiger partial charge in [0.15, 0.2) is 0 Å². The zero-order chi connectivity index (χ0) is 10.7. The van der Waals surface area contributed by atoms with Crippen LogP contribution in [-0.4, -0.2) is 61.5 Å². The summed E-state index contributed by atoms with van der Waals surface area (Å²) in [5.41, 5.74) is 0. The van der Waals surface area contributed by atoms with E-state index >= 15 is 0 Å². The number of rotatable bonds is 3. The van der Waals surface area contributed by atoms with Crippen molar-refractivity contribution in [2.75, 3.05) is 33.7 Å². The number of carbonyl (C=O) groups is 1. The first-order chi connectivity index (χ1) is 6.56. The van der Waals surface area contributed by atoms with Crippen LogP contribution >= 0.6 is 0 Å². The highest BCUT2D eigenvalue weighted by Crippen LogP contribution is 2.09. The number of amides is 1. The first-order valence-corrected chi connectivity index (χ1v) is 5.22. The lowest BCUT2D eigenvalue weighted by atomic mass is 10.1. The predicted molar refractivity (Wildman–Crippen MR) is 57.2 cm³/mol. The van der Waals surface area contributed by atoms with E-state index < -0.39 is 0 Å². The fraction of sp³-hybridized carbons (Fsp3) is 0.900. The van der Waals surface area contributed by atoms with Gasteiger partial charge >= 0.3 is 0 Å². The minimum Gasteiger partial charge on any atom is -0.343 e. The minimum absolute atomic E-state index is 0.0320. The van der Waals surface area contributed by atoms with Crippen molar-refractivity contribution in [3.8, 4) is 0 Å². The monoisotopic (exact) mass is 199 g/mol. The van der Waals surface area contributed by atoms with Crippen molar-refractivity contribution in [3.63, 3.8) is 0 Å². The highest BCUT2D eigenvalue weighted by Gasteiger charge is 2.29. The number of hydrogen-bond acceptors (Lipinski definition) is 3. The molecule has 82 valence electrons. The van der Waals surface area contributed by atoms with E-state index in [1.54, 1.807) is 0 Å². The molecule has 1 amide bonds. The third kappa shape index (κ3) is 2.45. The minimum atomic E-state index is 0.0320. The molecule has 1 rings (SSSR count). The van der Waals surface area contributed by atoms with Crippen molar-refractivity contribution in [1.29, 1.82) is 0 Å². The molecule has 4 heteroatoms. The van der Waals surface area contributed by atoms with Gasteiger partial charge < -0.3 is 10.2 Å². The largest absolute Gasteiger partial charge is 0.343 e. The van der Waals surface area contributed by atoms with Crippen molar-refractivity contribution in [2.45, 2.75) is 25.9 Å². The Morgan fingerprint density at radius 3 is 2.79 bits per heavy atom. The van der Waals surface area contributed by atoms with Gasteiger partial charge in [0.2, 0.25) is 5.91 Å². The van der Waals surface area contributed by atoms with Gasteiger partial charge in [-0.15, -0.1) is 0 Å². The summed E-state index contributed by atoms with van der Waals surface area (Å²) in [6.07, 6.45) is 0. The molecule has 0 radical (unpaired) electrons. The van der Waals surface area contributed by atoms with Crippen molar-refractivity contribution < 1.29 is 4.79 Å². The summed E-state index contributed by atoms with van der Waals surface area (Å²) in [6.45, 7) is 6.89. The summed E-state index contributed by atoms with van der Waals surface area (Å²) in [5.74, 6) is 0.236. The number of nitrogens with zero attached hydrogens (tertiary/aromatic N) is 2. The molecule has 1 heterocycles. The molecule has 0 aromatic carbocycles. The highest BCUT2D eigenvalue weighted by atomic mass is 16.2. The molecule has 0 spiro atoms. The van der Waals surface area contributed by atoms with Gasteiger partial charge in [-0.3, -0.25) is 9.69 Å². The molecule has 1 aliphatic rings. The summed E-state index contributed by atoms with van der Waals surface area (Å²) < 4.78 is 0. The van der Waals surface area contributed by atoms with E-state index in [4.69, 9.17) is 0 Å². The van der Waals surface area contributed by atoms with E-state index in [0.29, 0.717) is 6.04 Å². The number of piperazine rings is 1. The second kappa shape index (κ2) is 4.75. The third-order valence-corrected chi connectivity index (χ3v) is 3.01. The van der Waals surface area contributed by atoms with Crippen LogP contribution in [-0.2, 0) is 4.79 Å². The van der Waals surface area contributed by atoms with Crippen LogP contribution in [0.3, 0.4) is 0 Å². The normalized spacial score (nSPS) is 26.7. The molecular formula is C10H21N3O. The summed E-state index contributed by atoms with van der Waals surface area (Å²) in [6, 6.07) is 0.471. The maximum atomic E-state index is 11.7. The van der Waals surface area contributed by atoms with Crippen molar-refractivity contribution in [2.24, 2.45) is 0 Å². The van der Waals surface area contributed by atoms with Crippen molar-refractivity contribution in [1.82, 2.24) is 15.1 Å². The van der Waals surface area contributed by atoms with E-state index in [1.165, 1.54) is 0 Å². The van der Waals surface area contributed by atoms with E-state index in [2.05, 4.69) is 17.1 Å². The molecule has 0 aromatic heterocycles. The van der Waals surface area contributed by atoms with Gasteiger partial charge in [-0.2, -0.15) is 0 Å². The Hall–Kier alpha value is -0.610. The number of carbonyl (C=O) groups excluding carboxylic acids is 1. The zero-order valence-electron chi connectivity index (χ0n) is 9.58. The molecule has 2 unspecified atom stereocenters. The van der Waals surface area contributed by atoms with Crippen LogP contribution < -0.4 is 5.32 Å². The Kier molecular flexibility index (Phi) is 3.89. The smallest absolute Gasteiger partial charge is 0.239 e. The molecule has 4 nitrogen and oxygen atoms in total. The Labute approximate surface area is 86.2 Å². The molecule has 0 aliphatic carbocycles. The second-order valence-corrected chi connectivity index (χ2v) is 4.12. The van der Waals surface area contributed by atoms with Crippen LogP contribution in [0.25, 0.3) is 0 Å². The van der Waals surface area contributed by atoms with Crippen LogP contribution in [0.15, 0.2) is 0 Å². The quantitative estimate of drug-likeness (QED) is 0.681. The summed E-state index contributed by atoms with van der Waals surface area (Å²) in [5, 5.41) is 3.19. The van der Waals surface area contributed by atoms with Crippen molar-refractivity contribution in [3.05, 3.63) is 0 Å². The van der Waals surface area contributed by atoms with E-state index in [-0.39, 0.29) is 11.9 Å². The Morgan fingerprint density at radius 2 is 2.21 bits per heavy atom. The van der Waals surface area contributed by atoms with Crippen LogP contribution in [0.2, 0.25) is 0 Å². The van der Waals surface area contributed by atoms with Gasteiger partial charge in [0.25, 0.3) is 0 Å². The molecule has 1 fully saturated rings. The summed E-state index contributed by atoms with van der Waals surface area (Å²) in [4.78, 5) is 15.7. The Morgan fingerprint density at radius 1 is 1.57 bits per heavy atom. The van der Waals surface area contributed by atoms with Gasteiger partial charge in [-0.05, 0) is 20.9 Å². The van der Waals surface area contributed by atoms with Crippen LogP contribution in [0.5, 0.6) is 0 Å². The van der Waals surface area contributed by atoms with Gasteiger partial charge in [-0.1, -0.05) is 0 Å². The van der Waals surface area contributed by atoms with Crippen LogP contribution in [0.1, 0.15) is 13.8 Å². The first kappa shape index (κ1) is 11.5. The van der Waals surface area contributed by atoms with Crippen molar-refractivity contribution >= 4 is 5.91 Å². The first-order valence-electron chi connectivity index (χ1n) is 5.22. The van der Waals surface area contributed by atoms with Gasteiger partial charge in [0.05, 0.1) is 6.04 Å². The highest BCUT2D eigenvalue weighted by molar-refractivity contribution is 5.81. The fourth-order valence-corrected chi connectivity index (χ4v) is 1.75. The summed E-state index contributed by atoms with van der Waals surface area (Å²) >= 11 is 0. The molecule has 0 saturated carbocycles. The molecule has 2 atom stereocenters. The number of likely N-dealkylation sites (N-methyl/N-ethyl adjacent to an activating group) is 2. The Bertz CT molecular complexity index is 208. The van der Waals surface area contributed by atoms with E-state index in [1.807, 2.05) is 25.9 Å².